The van der Waals surface area contributed by atoms with E-state index in [0.717, 1.165) is 5.69 Å². The minimum atomic E-state index is 0.129. The van der Waals surface area contributed by atoms with Gasteiger partial charge in [-0.2, -0.15) is 0 Å². The molecule has 4 nitrogen and oxygen atoms in total. The molecule has 0 aliphatic carbocycles. The van der Waals surface area contributed by atoms with Crippen molar-refractivity contribution in [1.82, 2.24) is 14.4 Å². The summed E-state index contributed by atoms with van der Waals surface area (Å²) in [6.07, 6.45) is 9.27. The molecule has 2 heterocycles. The van der Waals surface area contributed by atoms with E-state index < -0.39 is 0 Å². The van der Waals surface area contributed by atoms with Crippen LogP contribution in [-0.2, 0) is 4.79 Å². The first-order chi connectivity index (χ1) is 7.77. The van der Waals surface area contributed by atoms with E-state index in [1.165, 1.54) is 11.8 Å². The Balaban J connectivity index is 2.12. The largest absolute Gasteiger partial charge is 0.288 e. The summed E-state index contributed by atoms with van der Waals surface area (Å²) in [7, 11) is 0. The van der Waals surface area contributed by atoms with Crippen LogP contribution in [0.2, 0.25) is 0 Å². The van der Waals surface area contributed by atoms with Crippen molar-refractivity contribution in [2.45, 2.75) is 6.92 Å². The number of carbonyl (C=O) groups excluding carboxylic acids is 1. The minimum Gasteiger partial charge on any atom is -0.288 e. The van der Waals surface area contributed by atoms with E-state index in [-0.39, 0.29) is 5.12 Å². The Morgan fingerprint density at radius 3 is 3.25 bits per heavy atom. The Bertz CT molecular complexity index is 533. The van der Waals surface area contributed by atoms with Gasteiger partial charge in [-0.15, -0.1) is 0 Å². The van der Waals surface area contributed by atoms with Gasteiger partial charge in [-0.1, -0.05) is 17.8 Å². The number of imidazole rings is 1. The Morgan fingerprint density at radius 2 is 2.44 bits per heavy atom. The normalized spacial score (nSPS) is 11.3. The van der Waals surface area contributed by atoms with Crippen molar-refractivity contribution >= 4 is 28.7 Å². The molecule has 16 heavy (non-hydrogen) atoms. The maximum Gasteiger partial charge on any atom is 0.234 e. The lowest BCUT2D eigenvalue weighted by atomic mass is 10.4. The smallest absolute Gasteiger partial charge is 0.234 e. The summed E-state index contributed by atoms with van der Waals surface area (Å²) in [4.78, 5) is 19.0. The van der Waals surface area contributed by atoms with Gasteiger partial charge in [0.1, 0.15) is 0 Å². The van der Waals surface area contributed by atoms with Crippen molar-refractivity contribution in [2.75, 3.05) is 5.75 Å². The first kappa shape index (κ1) is 10.9. The molecule has 2 rings (SSSR count). The van der Waals surface area contributed by atoms with E-state index in [9.17, 15) is 4.79 Å². The van der Waals surface area contributed by atoms with Crippen molar-refractivity contribution < 1.29 is 4.79 Å². The minimum absolute atomic E-state index is 0.129. The average molecular weight is 233 g/mol. The maximum absolute atomic E-state index is 10.7. The topological polar surface area (TPSA) is 47.3 Å². The quantitative estimate of drug-likeness (QED) is 0.813. The molecule has 0 saturated heterocycles. The molecule has 5 heteroatoms. The summed E-state index contributed by atoms with van der Waals surface area (Å²) < 4.78 is 1.90. The summed E-state index contributed by atoms with van der Waals surface area (Å²) in [5, 5.41) is 0.129. The second-order valence-electron chi connectivity index (χ2n) is 3.18. The highest BCUT2D eigenvalue weighted by Gasteiger charge is 1.98. The van der Waals surface area contributed by atoms with Gasteiger partial charge < -0.3 is 0 Å². The van der Waals surface area contributed by atoms with Gasteiger partial charge in [-0.3, -0.25) is 9.20 Å². The highest BCUT2D eigenvalue weighted by molar-refractivity contribution is 8.13. The Morgan fingerprint density at radius 1 is 1.56 bits per heavy atom. The lowest BCUT2D eigenvalue weighted by Crippen LogP contribution is -1.88. The van der Waals surface area contributed by atoms with Crippen LogP contribution < -0.4 is 0 Å². The molecule has 0 unspecified atom stereocenters. The zero-order valence-electron chi connectivity index (χ0n) is 8.83. The molecule has 82 valence electrons. The summed E-state index contributed by atoms with van der Waals surface area (Å²) >= 11 is 1.29. The molecule has 0 aliphatic heterocycles. The number of nitrogens with zero attached hydrogens (tertiary/aromatic N) is 3. The van der Waals surface area contributed by atoms with Crippen LogP contribution in [0.4, 0.5) is 0 Å². The molecule has 0 bridgehead atoms. The number of carbonyl (C=O) groups is 1. The highest BCUT2D eigenvalue weighted by atomic mass is 32.2. The molecular formula is C11H11N3OS. The van der Waals surface area contributed by atoms with Gasteiger partial charge in [0.25, 0.3) is 0 Å². The van der Waals surface area contributed by atoms with E-state index in [4.69, 9.17) is 0 Å². The van der Waals surface area contributed by atoms with Gasteiger partial charge >= 0.3 is 0 Å². The van der Waals surface area contributed by atoms with Gasteiger partial charge in [0.2, 0.25) is 5.78 Å². The second kappa shape index (κ2) is 4.94. The third-order valence-electron chi connectivity index (χ3n) is 1.99. The van der Waals surface area contributed by atoms with Crippen molar-refractivity contribution in [3.8, 4) is 0 Å². The van der Waals surface area contributed by atoms with Gasteiger partial charge in [-0.25, -0.2) is 9.97 Å². The Kier molecular flexibility index (Phi) is 3.36. The summed E-state index contributed by atoms with van der Waals surface area (Å²) in [5.74, 6) is 1.37. The summed E-state index contributed by atoms with van der Waals surface area (Å²) in [6, 6.07) is 1.86. The van der Waals surface area contributed by atoms with E-state index in [2.05, 4.69) is 9.97 Å². The fraction of sp³-hybridized carbons (Fsp3) is 0.182. The molecule has 0 fully saturated rings. The first-order valence-electron chi connectivity index (χ1n) is 4.85. The summed E-state index contributed by atoms with van der Waals surface area (Å²) in [6.45, 7) is 1.57. The third kappa shape index (κ3) is 2.49. The highest BCUT2D eigenvalue weighted by Crippen LogP contribution is 2.07. The Hall–Kier alpha value is -1.62. The third-order valence-corrected chi connectivity index (χ3v) is 2.75. The zero-order chi connectivity index (χ0) is 11.4. The fourth-order valence-corrected chi connectivity index (χ4v) is 1.73. The van der Waals surface area contributed by atoms with Crippen molar-refractivity contribution in [3.63, 3.8) is 0 Å². The molecule has 0 amide bonds. The molecule has 0 aromatic carbocycles. The molecule has 0 radical (unpaired) electrons. The molecule has 0 aliphatic rings. The van der Waals surface area contributed by atoms with Crippen molar-refractivity contribution in [3.05, 3.63) is 36.4 Å². The van der Waals surface area contributed by atoms with Gasteiger partial charge in [0.05, 0.1) is 11.9 Å². The van der Waals surface area contributed by atoms with Crippen LogP contribution in [0.5, 0.6) is 0 Å². The summed E-state index contributed by atoms with van der Waals surface area (Å²) in [5.41, 5.74) is 0.965. The number of rotatable bonds is 3. The number of hydrogen-bond donors (Lipinski definition) is 0. The SMILES string of the molecule is CC(=O)SCC=Cc1cnc2ncccn12. The lowest BCUT2D eigenvalue weighted by molar-refractivity contribution is -0.109. The molecule has 2 aromatic rings. The van der Waals surface area contributed by atoms with Crippen LogP contribution in [0, 0.1) is 0 Å². The maximum atomic E-state index is 10.7. The molecule has 0 N–H and O–H groups in total. The van der Waals surface area contributed by atoms with Gasteiger partial charge in [-0.05, 0) is 12.1 Å². The molecule has 0 atom stereocenters. The van der Waals surface area contributed by atoms with Crippen LogP contribution >= 0.6 is 11.8 Å². The molecule has 0 saturated carbocycles. The van der Waals surface area contributed by atoms with Crippen LogP contribution in [0.3, 0.4) is 0 Å². The van der Waals surface area contributed by atoms with Crippen LogP contribution in [0.15, 0.2) is 30.7 Å². The number of aromatic nitrogens is 3. The fourth-order valence-electron chi connectivity index (χ4n) is 1.30. The Labute approximate surface area is 97.4 Å². The number of hydrogen-bond acceptors (Lipinski definition) is 4. The van der Waals surface area contributed by atoms with E-state index in [1.54, 1.807) is 19.3 Å². The van der Waals surface area contributed by atoms with Crippen molar-refractivity contribution in [2.24, 2.45) is 0 Å². The molecule has 2 aromatic heterocycles. The van der Waals surface area contributed by atoms with E-state index in [0.29, 0.717) is 11.5 Å². The molecule has 0 spiro atoms. The van der Waals surface area contributed by atoms with Gasteiger partial charge in [0, 0.05) is 25.1 Å². The monoisotopic (exact) mass is 233 g/mol. The number of fused-ring (bicyclic) bond motifs is 1. The number of thioether (sulfide) groups is 1. The molecular weight excluding hydrogens is 222 g/mol. The lowest BCUT2D eigenvalue weighted by Gasteiger charge is -1.94. The average Bonchev–Trinajstić information content (AvgIpc) is 2.68. The predicted octanol–water partition coefficient (Wildman–Crippen LogP) is 2.02. The van der Waals surface area contributed by atoms with Crippen molar-refractivity contribution in [1.29, 1.82) is 0 Å². The van der Waals surface area contributed by atoms with Crippen LogP contribution in [0.1, 0.15) is 12.6 Å². The van der Waals surface area contributed by atoms with Gasteiger partial charge in [0.15, 0.2) is 5.12 Å². The second-order valence-corrected chi connectivity index (χ2v) is 4.37. The van der Waals surface area contributed by atoms with Crippen LogP contribution in [-0.4, -0.2) is 25.2 Å². The van der Waals surface area contributed by atoms with E-state index >= 15 is 0 Å². The van der Waals surface area contributed by atoms with E-state index in [1.807, 2.05) is 28.8 Å². The van der Waals surface area contributed by atoms with Crippen LogP contribution in [0.25, 0.3) is 11.9 Å². The first-order valence-corrected chi connectivity index (χ1v) is 5.84. The standard InChI is InChI=1S/C11H11N3OS/c1-9(15)16-7-2-4-10-8-13-11-12-5-3-6-14(10)11/h2-6,8H,7H2,1H3. The predicted molar refractivity (Wildman–Crippen MR) is 65.2 cm³/mol. The zero-order valence-corrected chi connectivity index (χ0v) is 9.65.